The molecule has 0 spiro atoms. The summed E-state index contributed by atoms with van der Waals surface area (Å²) in [5, 5.41) is 25.6. The largest absolute Gasteiger partial charge is 0.417 e. The summed E-state index contributed by atoms with van der Waals surface area (Å²) in [6.45, 7) is 0. The zero-order chi connectivity index (χ0) is 22.8. The van der Waals surface area contributed by atoms with Crippen LogP contribution in [-0.4, -0.2) is 40.5 Å². The molecule has 0 radical (unpaired) electrons. The van der Waals surface area contributed by atoms with Crippen LogP contribution in [0.5, 0.6) is 0 Å². The molecule has 0 amide bonds. The van der Waals surface area contributed by atoms with E-state index in [4.69, 9.17) is 11.6 Å². The molecular weight excluding hydrogens is 431 g/mol. The van der Waals surface area contributed by atoms with E-state index in [9.17, 15) is 23.7 Å². The predicted octanol–water partition coefficient (Wildman–Crippen LogP) is 4.78. The van der Waals surface area contributed by atoms with Crippen molar-refractivity contribution in [3.05, 3.63) is 52.3 Å². The van der Waals surface area contributed by atoms with Crippen LogP contribution in [0.2, 0.25) is 5.02 Å². The van der Waals surface area contributed by atoms with Gasteiger partial charge in [-0.25, -0.2) is 9.98 Å². The Kier molecular flexibility index (Phi) is 5.95. The second kappa shape index (κ2) is 8.46. The van der Waals surface area contributed by atoms with Gasteiger partial charge in [-0.3, -0.25) is 5.10 Å². The number of hydrogen-bond acceptors (Lipinski definition) is 5. The maximum Gasteiger partial charge on any atom is 0.417 e. The second-order valence-corrected chi connectivity index (χ2v) is 6.93. The van der Waals surface area contributed by atoms with Crippen LogP contribution in [0.4, 0.5) is 19.0 Å². The topological polar surface area (TPSA) is 105 Å². The predicted molar refractivity (Wildman–Crippen MR) is 109 cm³/mol. The van der Waals surface area contributed by atoms with E-state index < -0.39 is 16.8 Å². The third-order valence-electron chi connectivity index (χ3n) is 4.15. The van der Waals surface area contributed by atoms with Crippen molar-refractivity contribution in [1.29, 1.82) is 10.5 Å². The molecule has 11 heteroatoms. The molecule has 0 aliphatic heterocycles. The Bertz CT molecular complexity index is 1230. The SMILES string of the molecule is CN(C)C=Nc1nc(-c2cn[nH]c2)c(C#N)c(-c2ccc(C(F)(F)F)c(Cl)c2)c1C#N. The molecule has 0 fully saturated rings. The van der Waals surface area contributed by atoms with Crippen LogP contribution in [0.1, 0.15) is 16.7 Å². The molecule has 1 N–H and O–H groups in total. The minimum absolute atomic E-state index is 0.00239. The molecule has 3 rings (SSSR count). The normalized spacial score (nSPS) is 11.4. The second-order valence-electron chi connectivity index (χ2n) is 6.52. The van der Waals surface area contributed by atoms with Gasteiger partial charge < -0.3 is 4.90 Å². The van der Waals surface area contributed by atoms with Gasteiger partial charge >= 0.3 is 6.18 Å². The summed E-state index contributed by atoms with van der Waals surface area (Å²) in [5.41, 5.74) is -0.258. The maximum absolute atomic E-state index is 13.1. The number of aliphatic imine (C=N–C) groups is 1. The number of benzene rings is 1. The fraction of sp³-hybridized carbons (Fsp3) is 0.150. The molecule has 156 valence electrons. The number of aromatic amines is 1. The maximum atomic E-state index is 13.1. The molecule has 0 unspecified atom stereocenters. The van der Waals surface area contributed by atoms with Crippen molar-refractivity contribution in [2.24, 2.45) is 4.99 Å². The summed E-state index contributed by atoms with van der Waals surface area (Å²) in [6.07, 6.45) is -0.304. The molecule has 0 saturated heterocycles. The average Bonchev–Trinajstić information content (AvgIpc) is 3.24. The number of hydrogen-bond donors (Lipinski definition) is 1. The summed E-state index contributed by atoms with van der Waals surface area (Å²) < 4.78 is 39.4. The number of nitriles is 2. The van der Waals surface area contributed by atoms with E-state index in [-0.39, 0.29) is 33.8 Å². The van der Waals surface area contributed by atoms with Gasteiger partial charge in [-0.2, -0.15) is 28.8 Å². The lowest BCUT2D eigenvalue weighted by atomic mass is 9.92. The first kappa shape index (κ1) is 21.8. The van der Waals surface area contributed by atoms with Gasteiger partial charge in [0, 0.05) is 31.4 Å². The van der Waals surface area contributed by atoms with Crippen LogP contribution in [0.15, 0.2) is 35.6 Å². The molecule has 0 bridgehead atoms. The summed E-state index contributed by atoms with van der Waals surface area (Å²) in [6, 6.07) is 7.00. The fourth-order valence-electron chi connectivity index (χ4n) is 2.83. The molecule has 31 heavy (non-hydrogen) atoms. The van der Waals surface area contributed by atoms with Crippen LogP contribution in [0.3, 0.4) is 0 Å². The molecule has 0 aliphatic carbocycles. The van der Waals surface area contributed by atoms with Gasteiger partial charge in [0.15, 0.2) is 5.82 Å². The van der Waals surface area contributed by atoms with E-state index >= 15 is 0 Å². The summed E-state index contributed by atoms with van der Waals surface area (Å²) in [5.74, 6) is -0.00239. The molecule has 3 aromatic rings. The highest BCUT2D eigenvalue weighted by Crippen LogP contribution is 2.41. The first-order chi connectivity index (χ1) is 14.7. The van der Waals surface area contributed by atoms with Crippen molar-refractivity contribution in [3.8, 4) is 34.5 Å². The number of nitrogens with one attached hydrogen (secondary N) is 1. The Labute approximate surface area is 180 Å². The molecule has 2 aromatic heterocycles. The molecule has 0 atom stereocenters. The van der Waals surface area contributed by atoms with Crippen molar-refractivity contribution in [3.63, 3.8) is 0 Å². The number of halogens is 4. The van der Waals surface area contributed by atoms with Gasteiger partial charge in [0.25, 0.3) is 0 Å². The monoisotopic (exact) mass is 443 g/mol. The zero-order valence-corrected chi connectivity index (χ0v) is 16.9. The Morgan fingerprint density at radius 3 is 2.39 bits per heavy atom. The van der Waals surface area contributed by atoms with E-state index in [2.05, 4.69) is 20.2 Å². The summed E-state index contributed by atoms with van der Waals surface area (Å²) >= 11 is 5.88. The van der Waals surface area contributed by atoms with Crippen LogP contribution >= 0.6 is 11.6 Å². The molecule has 0 aliphatic rings. The first-order valence-electron chi connectivity index (χ1n) is 8.62. The molecule has 0 saturated carbocycles. The summed E-state index contributed by atoms with van der Waals surface area (Å²) in [7, 11) is 3.43. The standard InChI is InChI=1S/C20H13ClF3N7/c1-31(2)10-27-19-14(7-26)17(11-3-4-15(16(21)5-11)20(22,23)24)13(6-25)18(30-19)12-8-28-29-9-12/h3-5,8-10H,1-2H3,(H,28,29). The highest BCUT2D eigenvalue weighted by atomic mass is 35.5. The quantitative estimate of drug-likeness (QED) is 0.461. The molecule has 7 nitrogen and oxygen atoms in total. The van der Waals surface area contributed by atoms with E-state index in [0.29, 0.717) is 5.56 Å². The van der Waals surface area contributed by atoms with Gasteiger partial charge in [-0.05, 0) is 17.7 Å². The van der Waals surface area contributed by atoms with Gasteiger partial charge in [0.2, 0.25) is 0 Å². The minimum Gasteiger partial charge on any atom is -0.369 e. The molecular formula is C20H13ClF3N7. The lowest BCUT2D eigenvalue weighted by molar-refractivity contribution is -0.137. The first-order valence-corrected chi connectivity index (χ1v) is 9.00. The Morgan fingerprint density at radius 2 is 1.87 bits per heavy atom. The smallest absolute Gasteiger partial charge is 0.369 e. The highest BCUT2D eigenvalue weighted by Gasteiger charge is 2.33. The van der Waals surface area contributed by atoms with Crippen LogP contribution in [-0.2, 0) is 6.18 Å². The third-order valence-corrected chi connectivity index (χ3v) is 4.46. The van der Waals surface area contributed by atoms with Crippen LogP contribution < -0.4 is 0 Å². The van der Waals surface area contributed by atoms with Gasteiger partial charge in [0.05, 0.1) is 34.4 Å². The van der Waals surface area contributed by atoms with Crippen molar-refractivity contribution >= 4 is 23.8 Å². The number of nitrogens with zero attached hydrogens (tertiary/aromatic N) is 6. The third kappa shape index (κ3) is 4.34. The van der Waals surface area contributed by atoms with Gasteiger partial charge in [-0.1, -0.05) is 17.7 Å². The van der Waals surface area contributed by atoms with Crippen molar-refractivity contribution in [2.45, 2.75) is 6.18 Å². The van der Waals surface area contributed by atoms with Gasteiger partial charge in [-0.15, -0.1) is 0 Å². The number of aromatic nitrogens is 3. The van der Waals surface area contributed by atoms with Gasteiger partial charge in [0.1, 0.15) is 17.7 Å². The van der Waals surface area contributed by atoms with E-state index in [1.54, 1.807) is 19.0 Å². The van der Waals surface area contributed by atoms with Crippen molar-refractivity contribution < 1.29 is 13.2 Å². The number of H-pyrrole nitrogens is 1. The van der Waals surface area contributed by atoms with Crippen molar-refractivity contribution in [2.75, 3.05) is 14.1 Å². The highest BCUT2D eigenvalue weighted by molar-refractivity contribution is 6.31. The Morgan fingerprint density at radius 1 is 1.16 bits per heavy atom. The van der Waals surface area contributed by atoms with Crippen molar-refractivity contribution in [1.82, 2.24) is 20.1 Å². The number of rotatable bonds is 4. The average molecular weight is 444 g/mol. The minimum atomic E-state index is -4.65. The summed E-state index contributed by atoms with van der Waals surface area (Å²) in [4.78, 5) is 10.2. The lowest BCUT2D eigenvalue weighted by Gasteiger charge is -2.15. The molecule has 2 heterocycles. The Balaban J connectivity index is 2.39. The lowest BCUT2D eigenvalue weighted by Crippen LogP contribution is -2.08. The van der Waals surface area contributed by atoms with Crippen LogP contribution in [0, 0.1) is 22.7 Å². The number of pyridine rings is 1. The zero-order valence-electron chi connectivity index (χ0n) is 16.2. The van der Waals surface area contributed by atoms with E-state index in [1.165, 1.54) is 18.7 Å². The Hall–Kier alpha value is -3.89. The fourth-order valence-corrected chi connectivity index (χ4v) is 3.12. The number of alkyl halides is 3. The van der Waals surface area contributed by atoms with E-state index in [0.717, 1.165) is 18.2 Å². The van der Waals surface area contributed by atoms with E-state index in [1.807, 2.05) is 12.1 Å². The van der Waals surface area contributed by atoms with Crippen LogP contribution in [0.25, 0.3) is 22.4 Å². The molecule has 1 aromatic carbocycles.